The first kappa shape index (κ1) is 38.8. The SMILES string of the molecule is CC(C)(C)Cc1ccnc(-c2[c-]cc3c(c2)oc2nc(-c4ccccc4)ccc23)c1.[CH3][Ge]([CH3])([CH3])[c]1cnc(-c2[c-]cccc2)cc1CC1CCCC1.[Ir]. The molecule has 53 heavy (non-hydrogen) atoms. The predicted octanol–water partition coefficient (Wildman–Crippen LogP) is 11.9. The fraction of sp³-hybridized carbons (Fsp3) is 0.298. The summed E-state index contributed by atoms with van der Waals surface area (Å²) in [5.74, 6) is 8.31. The smallest absolute Gasteiger partial charge is 0 e. The molecule has 0 bridgehead atoms. The molecule has 0 atom stereocenters. The number of hydrogen-bond donors (Lipinski definition) is 0. The van der Waals surface area contributed by atoms with Crippen LogP contribution < -0.4 is 4.40 Å². The standard InChI is InChI=1S/C27H23N2O.C20H26GeN.Ir/c1-27(2,3)17-18-13-14-28-24(15-18)20-9-10-21-22-11-12-23(19-7-5-4-6-8-19)29-26(22)30-25(21)16-20;1-21(2,3)19-15-22-20(17-11-5-4-6-12-17)14-18(19)13-16-9-7-8-10-16;/h4-8,10-16H,17H2,1-3H3;4-6,11,14-16H,7-10,13H2,1-3H3;/q2*-1;. The Hall–Kier alpha value is -3.90. The number of benzene rings is 3. The second-order valence-corrected chi connectivity index (χ2v) is 27.1. The molecule has 1 radical (unpaired) electrons. The summed E-state index contributed by atoms with van der Waals surface area (Å²) in [5, 5.41) is 2.02. The van der Waals surface area contributed by atoms with E-state index in [9.17, 15) is 0 Å². The molecule has 0 aliphatic heterocycles. The van der Waals surface area contributed by atoms with Crippen molar-refractivity contribution >= 4 is 39.7 Å². The normalized spacial score (nSPS) is 13.5. The molecular formula is C47H49GeIrN3O-2. The first-order valence-corrected chi connectivity index (χ1v) is 26.1. The largest absolute Gasteiger partial charge is 0 e. The van der Waals surface area contributed by atoms with Gasteiger partial charge in [-0.3, -0.25) is 0 Å². The molecule has 0 amide bonds. The van der Waals surface area contributed by atoms with Gasteiger partial charge in [0.05, 0.1) is 11.3 Å². The summed E-state index contributed by atoms with van der Waals surface area (Å²) < 4.78 is 7.72. The third-order valence-electron chi connectivity index (χ3n) is 9.94. The summed E-state index contributed by atoms with van der Waals surface area (Å²) in [6.45, 7) is 6.74. The van der Waals surface area contributed by atoms with E-state index in [4.69, 9.17) is 14.4 Å². The first-order chi connectivity index (χ1) is 25.0. The average Bonchev–Trinajstić information content (AvgIpc) is 3.78. The van der Waals surface area contributed by atoms with Crippen molar-refractivity contribution in [3.8, 4) is 33.8 Å². The van der Waals surface area contributed by atoms with Crippen molar-refractivity contribution in [1.82, 2.24) is 15.0 Å². The van der Waals surface area contributed by atoms with Gasteiger partial charge in [0.25, 0.3) is 0 Å². The van der Waals surface area contributed by atoms with Gasteiger partial charge < -0.3 is 9.40 Å². The fourth-order valence-corrected chi connectivity index (χ4v) is 10.8. The van der Waals surface area contributed by atoms with Crippen LogP contribution in [0.5, 0.6) is 0 Å². The van der Waals surface area contributed by atoms with Gasteiger partial charge in [-0.25, -0.2) is 4.98 Å². The van der Waals surface area contributed by atoms with Gasteiger partial charge in [0.15, 0.2) is 0 Å². The maximum atomic E-state index is 6.13. The summed E-state index contributed by atoms with van der Waals surface area (Å²) in [6, 6.07) is 39.7. The third kappa shape index (κ3) is 9.62. The van der Waals surface area contributed by atoms with Crippen molar-refractivity contribution in [3.05, 3.63) is 133 Å². The van der Waals surface area contributed by atoms with Crippen LogP contribution in [0.2, 0.25) is 17.3 Å². The van der Waals surface area contributed by atoms with E-state index in [2.05, 4.69) is 110 Å². The second-order valence-electron chi connectivity index (χ2n) is 16.5. The maximum absolute atomic E-state index is 6.13. The molecule has 4 aromatic heterocycles. The van der Waals surface area contributed by atoms with Crippen molar-refractivity contribution in [2.75, 3.05) is 0 Å². The van der Waals surface area contributed by atoms with E-state index in [1.165, 1.54) is 37.7 Å². The number of hydrogen-bond acceptors (Lipinski definition) is 4. The van der Waals surface area contributed by atoms with Gasteiger partial charge in [-0.05, 0) is 29.7 Å². The van der Waals surface area contributed by atoms with Gasteiger partial charge in [-0.1, -0.05) is 80.3 Å². The molecule has 4 nitrogen and oxygen atoms in total. The van der Waals surface area contributed by atoms with E-state index < -0.39 is 13.3 Å². The van der Waals surface area contributed by atoms with Gasteiger partial charge in [0, 0.05) is 37.3 Å². The molecule has 4 heterocycles. The minimum absolute atomic E-state index is 0. The van der Waals surface area contributed by atoms with E-state index in [1.807, 2.05) is 54.7 Å². The summed E-state index contributed by atoms with van der Waals surface area (Å²) >= 11 is -1.87. The zero-order valence-corrected chi connectivity index (χ0v) is 36.3. The van der Waals surface area contributed by atoms with Gasteiger partial charge in [0.1, 0.15) is 0 Å². The number of fused-ring (bicyclic) bond motifs is 3. The molecule has 0 spiro atoms. The zero-order valence-electron chi connectivity index (χ0n) is 31.8. The maximum Gasteiger partial charge on any atom is 0 e. The van der Waals surface area contributed by atoms with Crippen molar-refractivity contribution in [3.63, 3.8) is 0 Å². The van der Waals surface area contributed by atoms with E-state index in [-0.39, 0.29) is 25.5 Å². The summed E-state index contributed by atoms with van der Waals surface area (Å²) in [5.41, 5.74) is 10.6. The van der Waals surface area contributed by atoms with Gasteiger partial charge in [0.2, 0.25) is 5.71 Å². The third-order valence-corrected chi connectivity index (χ3v) is 14.3. The van der Waals surface area contributed by atoms with Crippen LogP contribution in [-0.2, 0) is 32.9 Å². The van der Waals surface area contributed by atoms with E-state index in [0.717, 1.165) is 62.5 Å². The minimum Gasteiger partial charge on any atom is 0 e. The van der Waals surface area contributed by atoms with E-state index in [1.54, 1.807) is 9.96 Å². The Balaban J connectivity index is 0.000000187. The van der Waals surface area contributed by atoms with Crippen LogP contribution in [0, 0.1) is 23.5 Å². The Bertz CT molecular complexity index is 2280. The summed E-state index contributed by atoms with van der Waals surface area (Å²) in [4.78, 5) is 14.1. The second kappa shape index (κ2) is 16.6. The van der Waals surface area contributed by atoms with E-state index >= 15 is 0 Å². The number of aromatic nitrogens is 3. The molecule has 0 unspecified atom stereocenters. The molecule has 0 N–H and O–H groups in total. The van der Waals surface area contributed by atoms with Crippen LogP contribution in [0.3, 0.4) is 0 Å². The summed E-state index contributed by atoms with van der Waals surface area (Å²) in [6.07, 6.45) is 12.0. The van der Waals surface area contributed by atoms with Gasteiger partial charge in [-0.2, -0.15) is 0 Å². The van der Waals surface area contributed by atoms with Crippen molar-refractivity contribution < 1.29 is 24.5 Å². The fourth-order valence-electron chi connectivity index (χ4n) is 7.42. The van der Waals surface area contributed by atoms with Crippen molar-refractivity contribution in [2.45, 2.75) is 76.6 Å². The Kier molecular flexibility index (Phi) is 12.2. The van der Waals surface area contributed by atoms with Crippen LogP contribution in [0.15, 0.2) is 114 Å². The molecular weight excluding hydrogens is 887 g/mol. The molecule has 8 rings (SSSR count). The Morgan fingerprint density at radius 1 is 0.774 bits per heavy atom. The molecule has 273 valence electrons. The summed E-state index contributed by atoms with van der Waals surface area (Å²) in [7, 11) is 0. The molecule has 1 aliphatic rings. The van der Waals surface area contributed by atoms with Crippen molar-refractivity contribution in [2.24, 2.45) is 11.3 Å². The van der Waals surface area contributed by atoms with E-state index in [0.29, 0.717) is 5.71 Å². The average molecular weight is 937 g/mol. The number of pyridine rings is 3. The van der Waals surface area contributed by atoms with Crippen LogP contribution in [-0.4, -0.2) is 28.2 Å². The quantitative estimate of drug-likeness (QED) is 0.118. The predicted molar refractivity (Wildman–Crippen MR) is 219 cm³/mol. The Morgan fingerprint density at radius 2 is 1.53 bits per heavy atom. The van der Waals surface area contributed by atoms with Gasteiger partial charge in [-0.15, -0.1) is 17.7 Å². The molecule has 7 aromatic rings. The number of rotatable bonds is 7. The monoisotopic (exact) mass is 938 g/mol. The molecule has 3 aromatic carbocycles. The van der Waals surface area contributed by atoms with Crippen molar-refractivity contribution in [1.29, 1.82) is 0 Å². The first-order valence-electron chi connectivity index (χ1n) is 18.7. The van der Waals surface area contributed by atoms with Crippen LogP contribution >= 0.6 is 0 Å². The molecule has 6 heteroatoms. The molecule has 1 saturated carbocycles. The Morgan fingerprint density at radius 3 is 2.25 bits per heavy atom. The van der Waals surface area contributed by atoms with Crippen LogP contribution in [0.4, 0.5) is 0 Å². The molecule has 1 fully saturated rings. The van der Waals surface area contributed by atoms with Crippen LogP contribution in [0.25, 0.3) is 55.8 Å². The number of nitrogens with zero attached hydrogens (tertiary/aromatic N) is 3. The van der Waals surface area contributed by atoms with Crippen LogP contribution in [0.1, 0.15) is 57.6 Å². The topological polar surface area (TPSA) is 51.8 Å². The number of furan rings is 1. The zero-order chi connectivity index (χ0) is 36.3. The van der Waals surface area contributed by atoms with Gasteiger partial charge >= 0.3 is 137 Å². The molecule has 1 aliphatic carbocycles. The molecule has 0 saturated heterocycles. The Labute approximate surface area is 331 Å². The minimum atomic E-state index is -1.87.